The number of aromatic hydroxyl groups is 1. The summed E-state index contributed by atoms with van der Waals surface area (Å²) in [4.78, 5) is 10.2. The lowest BCUT2D eigenvalue weighted by Crippen LogP contribution is -1.94. The number of phenolic OH excluding ortho intramolecular Hbond substituents is 1. The number of hydrogen-bond donors (Lipinski definition) is 1. The summed E-state index contributed by atoms with van der Waals surface area (Å²) in [5.41, 5.74) is 1.27. The number of rotatable bonds is 6. The minimum Gasteiger partial charge on any atom is -0.502 e. The summed E-state index contributed by atoms with van der Waals surface area (Å²) in [7, 11) is 0. The van der Waals surface area contributed by atoms with Gasteiger partial charge in [-0.25, -0.2) is 0 Å². The molecule has 126 valence electrons. The molecule has 0 unspecified atom stereocenters. The Bertz CT molecular complexity index is 911. The molecule has 0 radical (unpaired) electrons. The second-order valence-corrected chi connectivity index (χ2v) is 5.92. The fourth-order valence-electron chi connectivity index (χ4n) is 2.01. The van der Waals surface area contributed by atoms with Gasteiger partial charge in [0.15, 0.2) is 5.75 Å². The summed E-state index contributed by atoms with van der Waals surface area (Å²) in [6.45, 7) is 0. The van der Waals surface area contributed by atoms with Gasteiger partial charge in [0, 0.05) is 17.4 Å². The first-order valence-corrected chi connectivity index (χ1v) is 8.20. The van der Waals surface area contributed by atoms with E-state index in [4.69, 9.17) is 0 Å². The maximum atomic E-state index is 10.9. The molecule has 3 aromatic rings. The van der Waals surface area contributed by atoms with Crippen LogP contribution in [-0.4, -0.2) is 31.1 Å². The van der Waals surface area contributed by atoms with E-state index in [-0.39, 0.29) is 11.4 Å². The SMILES string of the molecule is O=[N+]([O-])c1cc(C=Nn2cnnc2SCc2ccccc2)ccc1O. The van der Waals surface area contributed by atoms with Crippen LogP contribution >= 0.6 is 11.8 Å². The molecule has 2 aromatic carbocycles. The Labute approximate surface area is 147 Å². The Morgan fingerprint density at radius 2 is 2.08 bits per heavy atom. The molecule has 0 saturated heterocycles. The molecule has 0 spiro atoms. The average Bonchev–Trinajstić information content (AvgIpc) is 3.07. The van der Waals surface area contributed by atoms with E-state index in [0.29, 0.717) is 10.7 Å². The van der Waals surface area contributed by atoms with Crippen molar-refractivity contribution in [1.29, 1.82) is 0 Å². The van der Waals surface area contributed by atoms with E-state index in [1.165, 1.54) is 47.2 Å². The number of nitro groups is 1. The van der Waals surface area contributed by atoms with Gasteiger partial charge in [0.2, 0.25) is 5.16 Å². The third-order valence-electron chi connectivity index (χ3n) is 3.24. The quantitative estimate of drug-likeness (QED) is 0.315. The second-order valence-electron chi connectivity index (χ2n) is 4.98. The topological polar surface area (TPSA) is 106 Å². The molecule has 9 heteroatoms. The summed E-state index contributed by atoms with van der Waals surface area (Å²) < 4.78 is 1.49. The van der Waals surface area contributed by atoms with E-state index in [2.05, 4.69) is 15.3 Å². The Hall–Kier alpha value is -3.20. The summed E-state index contributed by atoms with van der Waals surface area (Å²) >= 11 is 1.48. The Kier molecular flexibility index (Phi) is 5.05. The van der Waals surface area contributed by atoms with Gasteiger partial charge in [-0.1, -0.05) is 42.1 Å². The van der Waals surface area contributed by atoms with Crippen molar-refractivity contribution >= 4 is 23.7 Å². The zero-order valence-electron chi connectivity index (χ0n) is 12.9. The van der Waals surface area contributed by atoms with Gasteiger partial charge < -0.3 is 5.11 Å². The van der Waals surface area contributed by atoms with Crippen LogP contribution in [0.5, 0.6) is 5.75 Å². The molecular weight excluding hydrogens is 342 g/mol. The van der Waals surface area contributed by atoms with Crippen molar-refractivity contribution in [3.8, 4) is 5.75 Å². The van der Waals surface area contributed by atoms with Gasteiger partial charge in [-0.15, -0.1) is 10.2 Å². The molecule has 0 fully saturated rings. The maximum absolute atomic E-state index is 10.9. The summed E-state index contributed by atoms with van der Waals surface area (Å²) in [6, 6.07) is 14.0. The van der Waals surface area contributed by atoms with Gasteiger partial charge in [-0.3, -0.25) is 10.1 Å². The highest BCUT2D eigenvalue weighted by Gasteiger charge is 2.13. The molecule has 0 aliphatic rings. The van der Waals surface area contributed by atoms with E-state index >= 15 is 0 Å². The van der Waals surface area contributed by atoms with Crippen molar-refractivity contribution in [1.82, 2.24) is 14.9 Å². The van der Waals surface area contributed by atoms with E-state index < -0.39 is 4.92 Å². The van der Waals surface area contributed by atoms with Gasteiger partial charge in [0.25, 0.3) is 0 Å². The molecule has 0 aliphatic carbocycles. The first-order valence-electron chi connectivity index (χ1n) is 7.22. The highest BCUT2D eigenvalue weighted by molar-refractivity contribution is 7.98. The van der Waals surface area contributed by atoms with Crippen molar-refractivity contribution < 1.29 is 10.0 Å². The van der Waals surface area contributed by atoms with E-state index in [1.54, 1.807) is 0 Å². The summed E-state index contributed by atoms with van der Waals surface area (Å²) in [5, 5.41) is 33.0. The lowest BCUT2D eigenvalue weighted by molar-refractivity contribution is -0.385. The maximum Gasteiger partial charge on any atom is 0.311 e. The third-order valence-corrected chi connectivity index (χ3v) is 4.24. The molecule has 25 heavy (non-hydrogen) atoms. The van der Waals surface area contributed by atoms with E-state index in [9.17, 15) is 15.2 Å². The largest absolute Gasteiger partial charge is 0.502 e. The molecule has 1 aromatic heterocycles. The van der Waals surface area contributed by atoms with Gasteiger partial charge in [-0.2, -0.15) is 9.78 Å². The number of aromatic nitrogens is 3. The molecule has 0 saturated carbocycles. The van der Waals surface area contributed by atoms with Crippen LogP contribution in [0.3, 0.4) is 0 Å². The van der Waals surface area contributed by atoms with Crippen molar-refractivity contribution in [2.75, 3.05) is 0 Å². The molecule has 8 nitrogen and oxygen atoms in total. The number of phenols is 1. The van der Waals surface area contributed by atoms with Crippen LogP contribution in [0.25, 0.3) is 0 Å². The molecule has 0 atom stereocenters. The van der Waals surface area contributed by atoms with Crippen LogP contribution in [-0.2, 0) is 5.75 Å². The molecule has 1 N–H and O–H groups in total. The van der Waals surface area contributed by atoms with Crippen molar-refractivity contribution in [3.05, 3.63) is 76.1 Å². The van der Waals surface area contributed by atoms with Gasteiger partial charge in [0.05, 0.1) is 11.1 Å². The normalized spacial score (nSPS) is 11.0. The number of nitro benzene ring substituents is 1. The van der Waals surface area contributed by atoms with Crippen LogP contribution < -0.4 is 0 Å². The average molecular weight is 355 g/mol. The van der Waals surface area contributed by atoms with Crippen molar-refractivity contribution in [2.45, 2.75) is 10.9 Å². The molecule has 3 rings (SSSR count). The molecule has 0 aliphatic heterocycles. The highest BCUT2D eigenvalue weighted by atomic mass is 32.2. The van der Waals surface area contributed by atoms with Gasteiger partial charge >= 0.3 is 5.69 Å². The zero-order valence-corrected chi connectivity index (χ0v) is 13.7. The predicted octanol–water partition coefficient (Wildman–Crippen LogP) is 3.07. The fraction of sp³-hybridized carbons (Fsp3) is 0.0625. The van der Waals surface area contributed by atoms with Crippen LogP contribution in [0, 0.1) is 10.1 Å². The highest BCUT2D eigenvalue weighted by Crippen LogP contribution is 2.25. The first-order chi connectivity index (χ1) is 12.1. The Balaban J connectivity index is 1.73. The Morgan fingerprint density at radius 3 is 2.84 bits per heavy atom. The van der Waals surface area contributed by atoms with Crippen molar-refractivity contribution in [3.63, 3.8) is 0 Å². The first kappa shape index (κ1) is 16.7. The number of nitrogens with zero attached hydrogens (tertiary/aromatic N) is 5. The van der Waals surface area contributed by atoms with Crippen LogP contribution in [0.4, 0.5) is 5.69 Å². The van der Waals surface area contributed by atoms with Crippen LogP contribution in [0.2, 0.25) is 0 Å². The molecule has 0 amide bonds. The zero-order chi connectivity index (χ0) is 17.6. The smallest absolute Gasteiger partial charge is 0.311 e. The molecular formula is C16H13N5O3S. The van der Waals surface area contributed by atoms with Crippen LogP contribution in [0.15, 0.2) is 65.1 Å². The summed E-state index contributed by atoms with van der Waals surface area (Å²) in [5.74, 6) is 0.338. The van der Waals surface area contributed by atoms with Crippen LogP contribution in [0.1, 0.15) is 11.1 Å². The third kappa shape index (κ3) is 4.21. The minimum absolute atomic E-state index is 0.369. The lowest BCUT2D eigenvalue weighted by atomic mass is 10.2. The molecule has 0 bridgehead atoms. The lowest BCUT2D eigenvalue weighted by Gasteiger charge is -2.01. The Morgan fingerprint density at radius 1 is 1.28 bits per heavy atom. The second kappa shape index (κ2) is 7.58. The number of hydrogen-bond acceptors (Lipinski definition) is 7. The van der Waals surface area contributed by atoms with Crippen molar-refractivity contribution in [2.24, 2.45) is 5.10 Å². The fourth-order valence-corrected chi connectivity index (χ4v) is 2.83. The van der Waals surface area contributed by atoms with Gasteiger partial charge in [-0.05, 0) is 17.7 Å². The number of thioether (sulfide) groups is 1. The molecule has 1 heterocycles. The predicted molar refractivity (Wildman–Crippen MR) is 93.8 cm³/mol. The number of benzene rings is 2. The monoisotopic (exact) mass is 355 g/mol. The minimum atomic E-state index is -0.646. The van der Waals surface area contributed by atoms with E-state index in [0.717, 1.165) is 11.3 Å². The van der Waals surface area contributed by atoms with Gasteiger partial charge in [0.1, 0.15) is 6.33 Å². The summed E-state index contributed by atoms with van der Waals surface area (Å²) in [6.07, 6.45) is 2.90. The standard InChI is InChI=1S/C16H13N5O3S/c22-15-7-6-13(8-14(15)21(23)24)9-18-20-11-17-19-16(20)25-10-12-4-2-1-3-5-12/h1-9,11,22H,10H2. The van der Waals surface area contributed by atoms with E-state index in [1.807, 2.05) is 30.3 Å².